The molecule has 0 fully saturated rings. The Balaban J connectivity index is 2.03. The van der Waals surface area contributed by atoms with Crippen LogP contribution in [0.4, 0.5) is 0 Å². The minimum absolute atomic E-state index is 0.256. The third kappa shape index (κ3) is 11.0. The fourth-order valence-corrected chi connectivity index (χ4v) is 2.72. The molecule has 25 heavy (non-hydrogen) atoms. The first-order valence-corrected chi connectivity index (χ1v) is 9.88. The van der Waals surface area contributed by atoms with E-state index < -0.39 is 6.10 Å². The summed E-state index contributed by atoms with van der Waals surface area (Å²) in [4.78, 5) is 0. The van der Waals surface area contributed by atoms with Crippen molar-refractivity contribution in [1.82, 2.24) is 0 Å². The lowest BCUT2D eigenvalue weighted by Gasteiger charge is -2.14. The summed E-state index contributed by atoms with van der Waals surface area (Å²) < 4.78 is 11.3. The fraction of sp³-hybridized carbons (Fsp3) is 0.636. The van der Waals surface area contributed by atoms with Gasteiger partial charge in [0.1, 0.15) is 18.5 Å². The van der Waals surface area contributed by atoms with E-state index in [1.807, 2.05) is 43.3 Å². The minimum Gasteiger partial charge on any atom is -0.490 e. The molecule has 142 valence electrons. The molecule has 0 amide bonds. The molecule has 0 aliphatic heterocycles. The number of rotatable bonds is 15. The van der Waals surface area contributed by atoms with Gasteiger partial charge in [0.05, 0.1) is 6.61 Å². The molecular weight excluding hydrogens is 312 g/mol. The zero-order valence-electron chi connectivity index (χ0n) is 16.1. The van der Waals surface area contributed by atoms with Gasteiger partial charge in [0.15, 0.2) is 0 Å². The molecule has 1 atom stereocenters. The van der Waals surface area contributed by atoms with Gasteiger partial charge < -0.3 is 14.6 Å². The van der Waals surface area contributed by atoms with Crippen LogP contribution in [-0.4, -0.2) is 31.0 Å². The quantitative estimate of drug-likeness (QED) is 0.418. The van der Waals surface area contributed by atoms with Gasteiger partial charge in [0.2, 0.25) is 0 Å². The van der Waals surface area contributed by atoms with E-state index in [0.29, 0.717) is 6.61 Å². The molecule has 0 radical (unpaired) electrons. The summed E-state index contributed by atoms with van der Waals surface area (Å²) in [6.45, 7) is 5.54. The van der Waals surface area contributed by atoms with Crippen LogP contribution >= 0.6 is 0 Å². The van der Waals surface area contributed by atoms with E-state index in [2.05, 4.69) is 6.92 Å². The molecular formula is C22H36O3. The Kier molecular flexibility index (Phi) is 13.0. The number of hydrogen-bond acceptors (Lipinski definition) is 3. The summed E-state index contributed by atoms with van der Waals surface area (Å²) in [5.74, 6) is 0.794. The summed E-state index contributed by atoms with van der Waals surface area (Å²) in [7, 11) is 0. The van der Waals surface area contributed by atoms with Gasteiger partial charge in [-0.25, -0.2) is 0 Å². The molecule has 0 aliphatic carbocycles. The molecule has 0 saturated heterocycles. The van der Waals surface area contributed by atoms with E-state index in [1.165, 1.54) is 44.9 Å². The van der Waals surface area contributed by atoms with Gasteiger partial charge in [-0.2, -0.15) is 0 Å². The smallest absolute Gasteiger partial charge is 0.126 e. The Morgan fingerprint density at radius 2 is 1.64 bits per heavy atom. The Labute approximate surface area is 154 Å². The third-order valence-corrected chi connectivity index (χ3v) is 4.15. The zero-order valence-corrected chi connectivity index (χ0v) is 16.1. The van der Waals surface area contributed by atoms with Crippen LogP contribution in [0.5, 0.6) is 5.75 Å². The topological polar surface area (TPSA) is 38.7 Å². The van der Waals surface area contributed by atoms with Crippen molar-refractivity contribution < 1.29 is 14.6 Å². The van der Waals surface area contributed by atoms with Crippen molar-refractivity contribution in [3.63, 3.8) is 0 Å². The number of ether oxygens (including phenoxy) is 2. The molecule has 1 unspecified atom stereocenters. The van der Waals surface area contributed by atoms with Gasteiger partial charge in [0.25, 0.3) is 0 Å². The monoisotopic (exact) mass is 348 g/mol. The highest BCUT2D eigenvalue weighted by Gasteiger charge is 2.07. The standard InChI is InChI=1S/C22H36O3/c1-3-5-6-7-8-9-10-13-17-24-18-21(23)19-25-22-16-12-11-15-20(22)14-4-2/h4,11-12,14-16,21,23H,3,5-10,13,17-19H2,1-2H3. The van der Waals surface area contributed by atoms with Crippen molar-refractivity contribution in [2.75, 3.05) is 19.8 Å². The number of benzene rings is 1. The fourth-order valence-electron chi connectivity index (χ4n) is 2.72. The van der Waals surface area contributed by atoms with Gasteiger partial charge in [-0.15, -0.1) is 0 Å². The Morgan fingerprint density at radius 3 is 2.36 bits per heavy atom. The van der Waals surface area contributed by atoms with E-state index in [-0.39, 0.29) is 6.61 Å². The highest BCUT2D eigenvalue weighted by atomic mass is 16.5. The third-order valence-electron chi connectivity index (χ3n) is 4.15. The van der Waals surface area contributed by atoms with Crippen molar-refractivity contribution in [2.45, 2.75) is 71.3 Å². The predicted octanol–water partition coefficient (Wildman–Crippen LogP) is 5.62. The van der Waals surface area contributed by atoms with Crippen LogP contribution in [0, 0.1) is 0 Å². The van der Waals surface area contributed by atoms with Gasteiger partial charge in [-0.05, 0) is 19.4 Å². The molecule has 0 heterocycles. The lowest BCUT2D eigenvalue weighted by atomic mass is 10.1. The van der Waals surface area contributed by atoms with Gasteiger partial charge >= 0.3 is 0 Å². The second-order valence-electron chi connectivity index (χ2n) is 6.55. The van der Waals surface area contributed by atoms with E-state index in [1.54, 1.807) is 0 Å². The Bertz CT molecular complexity index is 456. The van der Waals surface area contributed by atoms with Crippen LogP contribution in [0.25, 0.3) is 6.08 Å². The molecule has 3 nitrogen and oxygen atoms in total. The summed E-state index contributed by atoms with van der Waals surface area (Å²) in [6.07, 6.45) is 13.7. The molecule has 1 aromatic rings. The molecule has 0 bridgehead atoms. The second-order valence-corrected chi connectivity index (χ2v) is 6.55. The first-order valence-electron chi connectivity index (χ1n) is 9.88. The van der Waals surface area contributed by atoms with Crippen LogP contribution < -0.4 is 4.74 Å². The molecule has 0 aliphatic rings. The van der Waals surface area contributed by atoms with Gasteiger partial charge in [0, 0.05) is 12.2 Å². The van der Waals surface area contributed by atoms with Crippen LogP contribution in [0.1, 0.15) is 70.8 Å². The van der Waals surface area contributed by atoms with Crippen LogP contribution in [0.3, 0.4) is 0 Å². The van der Waals surface area contributed by atoms with E-state index >= 15 is 0 Å². The first-order chi connectivity index (χ1) is 12.3. The van der Waals surface area contributed by atoms with Gasteiger partial charge in [-0.3, -0.25) is 0 Å². The molecule has 0 aromatic heterocycles. The number of aliphatic hydroxyl groups excluding tert-OH is 1. The second kappa shape index (κ2) is 15.0. The molecule has 3 heteroatoms. The number of para-hydroxylation sites is 1. The molecule has 1 aromatic carbocycles. The average molecular weight is 349 g/mol. The highest BCUT2D eigenvalue weighted by Crippen LogP contribution is 2.19. The molecule has 1 rings (SSSR count). The summed E-state index contributed by atoms with van der Waals surface area (Å²) >= 11 is 0. The Morgan fingerprint density at radius 1 is 0.960 bits per heavy atom. The van der Waals surface area contributed by atoms with E-state index in [9.17, 15) is 5.11 Å². The average Bonchev–Trinajstić information content (AvgIpc) is 2.63. The summed E-state index contributed by atoms with van der Waals surface area (Å²) in [6, 6.07) is 7.84. The van der Waals surface area contributed by atoms with Crippen LogP contribution in [-0.2, 0) is 4.74 Å². The van der Waals surface area contributed by atoms with Crippen molar-refractivity contribution in [1.29, 1.82) is 0 Å². The molecule has 0 spiro atoms. The maximum Gasteiger partial charge on any atom is 0.126 e. The molecule has 0 saturated carbocycles. The normalized spacial score (nSPS) is 12.6. The van der Waals surface area contributed by atoms with Gasteiger partial charge in [-0.1, -0.05) is 82.2 Å². The number of unbranched alkanes of at least 4 members (excludes halogenated alkanes) is 7. The van der Waals surface area contributed by atoms with Crippen molar-refractivity contribution >= 4 is 6.08 Å². The number of allylic oxidation sites excluding steroid dienone is 1. The maximum absolute atomic E-state index is 9.99. The lowest BCUT2D eigenvalue weighted by Crippen LogP contribution is -2.23. The SMILES string of the molecule is CC=Cc1ccccc1OCC(O)COCCCCCCCCCC. The maximum atomic E-state index is 9.99. The predicted molar refractivity (Wildman–Crippen MR) is 106 cm³/mol. The van der Waals surface area contributed by atoms with E-state index in [4.69, 9.17) is 9.47 Å². The summed E-state index contributed by atoms with van der Waals surface area (Å²) in [5.41, 5.74) is 1.03. The number of aliphatic hydroxyl groups is 1. The van der Waals surface area contributed by atoms with Crippen molar-refractivity contribution in [3.05, 3.63) is 35.9 Å². The van der Waals surface area contributed by atoms with E-state index in [0.717, 1.165) is 24.3 Å². The van der Waals surface area contributed by atoms with Crippen molar-refractivity contribution in [3.8, 4) is 5.75 Å². The zero-order chi connectivity index (χ0) is 18.2. The highest BCUT2D eigenvalue weighted by molar-refractivity contribution is 5.56. The Hall–Kier alpha value is -1.32. The van der Waals surface area contributed by atoms with Crippen LogP contribution in [0.15, 0.2) is 30.3 Å². The first kappa shape index (κ1) is 21.7. The minimum atomic E-state index is -0.590. The molecule has 1 N–H and O–H groups in total. The summed E-state index contributed by atoms with van der Waals surface area (Å²) in [5, 5.41) is 9.99. The van der Waals surface area contributed by atoms with Crippen LogP contribution in [0.2, 0.25) is 0 Å². The lowest BCUT2D eigenvalue weighted by molar-refractivity contribution is 0.0109. The number of hydrogen-bond donors (Lipinski definition) is 1. The van der Waals surface area contributed by atoms with Crippen molar-refractivity contribution in [2.24, 2.45) is 0 Å². The largest absolute Gasteiger partial charge is 0.490 e.